The predicted molar refractivity (Wildman–Crippen MR) is 63.8 cm³/mol. The van der Waals surface area contributed by atoms with Crippen LogP contribution in [0.5, 0.6) is 0 Å². The van der Waals surface area contributed by atoms with E-state index in [1.807, 2.05) is 6.92 Å². The molecule has 1 rings (SSSR count). The van der Waals surface area contributed by atoms with Crippen LogP contribution in [0.3, 0.4) is 0 Å². The Hall–Kier alpha value is -0.350. The molecule has 0 bridgehead atoms. The molecule has 0 saturated heterocycles. The van der Waals surface area contributed by atoms with E-state index in [1.165, 1.54) is 4.90 Å². The SMILES string of the molecule is CCCCS(=O)(=O)NC1=NCN(CC(=O)[O-])CN1.[Na+]. The first kappa shape index (κ1) is 18.7. The quantitative estimate of drug-likeness (QED) is 0.473. The molecule has 0 aliphatic carbocycles. The number of nitrogens with one attached hydrogen (secondary N) is 2. The van der Waals surface area contributed by atoms with Gasteiger partial charge in [-0.25, -0.2) is 13.4 Å². The Morgan fingerprint density at radius 1 is 1.58 bits per heavy atom. The normalized spacial score (nSPS) is 15.9. The van der Waals surface area contributed by atoms with E-state index >= 15 is 0 Å². The Kier molecular flexibility index (Phi) is 8.59. The number of carboxylic acid groups (broad SMARTS) is 1. The Morgan fingerprint density at radius 3 is 2.74 bits per heavy atom. The summed E-state index contributed by atoms with van der Waals surface area (Å²) >= 11 is 0. The van der Waals surface area contributed by atoms with Crippen LogP contribution in [-0.4, -0.2) is 50.9 Å². The number of nitrogens with zero attached hydrogens (tertiary/aromatic N) is 2. The summed E-state index contributed by atoms with van der Waals surface area (Å²) in [6, 6.07) is 0. The van der Waals surface area contributed by atoms with Crippen LogP contribution in [0.15, 0.2) is 4.99 Å². The molecule has 19 heavy (non-hydrogen) atoms. The summed E-state index contributed by atoms with van der Waals surface area (Å²) in [6.07, 6.45) is 1.37. The Balaban J connectivity index is 0.00000324. The second-order valence-electron chi connectivity index (χ2n) is 3.96. The van der Waals surface area contributed by atoms with Crippen LogP contribution < -0.4 is 44.7 Å². The van der Waals surface area contributed by atoms with Crippen molar-refractivity contribution >= 4 is 22.0 Å². The third-order valence-corrected chi connectivity index (χ3v) is 3.60. The van der Waals surface area contributed by atoms with E-state index in [0.29, 0.717) is 6.42 Å². The van der Waals surface area contributed by atoms with Gasteiger partial charge in [0, 0.05) is 6.54 Å². The molecule has 2 N–H and O–H groups in total. The van der Waals surface area contributed by atoms with E-state index < -0.39 is 16.0 Å². The number of carbonyl (C=O) groups is 1. The predicted octanol–water partition coefficient (Wildman–Crippen LogP) is -5.36. The topological polar surface area (TPSA) is 114 Å². The molecule has 0 atom stereocenters. The van der Waals surface area contributed by atoms with Crippen molar-refractivity contribution in [2.45, 2.75) is 19.8 Å². The van der Waals surface area contributed by atoms with Crippen molar-refractivity contribution in [1.29, 1.82) is 0 Å². The number of hydrogen-bond acceptors (Lipinski definition) is 7. The van der Waals surface area contributed by atoms with Gasteiger partial charge in [-0.3, -0.25) is 9.62 Å². The molecule has 0 aromatic carbocycles. The second kappa shape index (κ2) is 8.75. The minimum absolute atomic E-state index is 0. The van der Waals surface area contributed by atoms with E-state index in [-0.39, 0.29) is 61.2 Å². The molecule has 1 heterocycles. The third kappa shape index (κ3) is 7.73. The fourth-order valence-electron chi connectivity index (χ4n) is 1.35. The molecule has 0 radical (unpaired) electrons. The molecule has 10 heteroatoms. The molecular weight excluding hydrogens is 283 g/mol. The summed E-state index contributed by atoms with van der Waals surface area (Å²) in [6.45, 7) is 1.99. The Morgan fingerprint density at radius 2 is 2.26 bits per heavy atom. The third-order valence-electron chi connectivity index (χ3n) is 2.27. The molecule has 0 spiro atoms. The average molecular weight is 300 g/mol. The standard InChI is InChI=1S/C9H18N4O4S.Na/c1-2-3-4-18(16,17)12-9-10-6-13(7-11-9)5-8(14)15;/h2-7H2,1H3,(H,14,15)(H2,10,11,12);/q;+1/p-1. The molecule has 0 aromatic rings. The molecule has 8 nitrogen and oxygen atoms in total. The number of aliphatic imine (C=N–C) groups is 1. The van der Waals surface area contributed by atoms with Crippen molar-refractivity contribution in [3.63, 3.8) is 0 Å². The molecule has 0 aromatic heterocycles. The van der Waals surface area contributed by atoms with Crippen LogP contribution in [0.1, 0.15) is 19.8 Å². The first-order valence-corrected chi connectivity index (χ1v) is 7.29. The van der Waals surface area contributed by atoms with Crippen LogP contribution in [0, 0.1) is 0 Å². The zero-order chi connectivity index (χ0) is 13.6. The van der Waals surface area contributed by atoms with E-state index in [1.54, 1.807) is 0 Å². The number of aliphatic carboxylic acids is 1. The number of guanidine groups is 1. The number of rotatable bonds is 6. The maximum atomic E-state index is 11.6. The number of hydrogen-bond donors (Lipinski definition) is 2. The number of carboxylic acids is 1. The zero-order valence-electron chi connectivity index (χ0n) is 11.2. The summed E-state index contributed by atoms with van der Waals surface area (Å²) in [5.74, 6) is -0.993. The maximum Gasteiger partial charge on any atom is 1.00 e. The molecular formula is C9H17N4NaO4S. The largest absolute Gasteiger partial charge is 1.00 e. The zero-order valence-corrected chi connectivity index (χ0v) is 14.0. The number of sulfonamides is 1. The van der Waals surface area contributed by atoms with E-state index in [4.69, 9.17) is 0 Å². The van der Waals surface area contributed by atoms with Gasteiger partial charge < -0.3 is 15.2 Å². The van der Waals surface area contributed by atoms with Crippen LogP contribution in [0.25, 0.3) is 0 Å². The van der Waals surface area contributed by atoms with Gasteiger partial charge in [-0.15, -0.1) is 0 Å². The fourth-order valence-corrected chi connectivity index (χ4v) is 2.55. The number of unbranched alkanes of at least 4 members (excludes halogenated alkanes) is 1. The van der Waals surface area contributed by atoms with Crippen molar-refractivity contribution in [2.24, 2.45) is 4.99 Å². The fraction of sp³-hybridized carbons (Fsp3) is 0.778. The van der Waals surface area contributed by atoms with Gasteiger partial charge in [0.1, 0.15) is 0 Å². The van der Waals surface area contributed by atoms with Gasteiger partial charge in [-0.1, -0.05) is 13.3 Å². The first-order valence-electron chi connectivity index (χ1n) is 5.64. The maximum absolute atomic E-state index is 11.6. The summed E-state index contributed by atoms with van der Waals surface area (Å²) in [7, 11) is -3.37. The molecule has 0 fully saturated rings. The molecule has 0 amide bonds. The smallest absolute Gasteiger partial charge is 0.549 e. The molecule has 1 aliphatic heterocycles. The van der Waals surface area contributed by atoms with E-state index in [9.17, 15) is 18.3 Å². The Bertz CT molecular complexity index is 426. The minimum atomic E-state index is -3.37. The summed E-state index contributed by atoms with van der Waals surface area (Å²) in [4.78, 5) is 15.7. The van der Waals surface area contributed by atoms with Crippen molar-refractivity contribution in [2.75, 3.05) is 25.6 Å². The minimum Gasteiger partial charge on any atom is -0.549 e. The molecule has 0 saturated carbocycles. The summed E-state index contributed by atoms with van der Waals surface area (Å²) in [5.41, 5.74) is 0. The van der Waals surface area contributed by atoms with Crippen LogP contribution >= 0.6 is 0 Å². The second-order valence-corrected chi connectivity index (χ2v) is 5.80. The van der Waals surface area contributed by atoms with Gasteiger partial charge in [0.2, 0.25) is 16.0 Å². The van der Waals surface area contributed by atoms with E-state index in [0.717, 1.165) is 6.42 Å². The van der Waals surface area contributed by atoms with Crippen molar-refractivity contribution in [3.05, 3.63) is 0 Å². The van der Waals surface area contributed by atoms with Crippen LogP contribution in [0.2, 0.25) is 0 Å². The Labute approximate surface area is 135 Å². The molecule has 1 aliphatic rings. The van der Waals surface area contributed by atoms with Crippen molar-refractivity contribution in [3.8, 4) is 0 Å². The number of carbonyl (C=O) groups excluding carboxylic acids is 1. The molecule has 104 valence electrons. The van der Waals surface area contributed by atoms with Gasteiger partial charge in [0.25, 0.3) is 0 Å². The van der Waals surface area contributed by atoms with E-state index in [2.05, 4.69) is 15.0 Å². The molecule has 0 unspecified atom stereocenters. The van der Waals surface area contributed by atoms with Gasteiger partial charge in [0.05, 0.1) is 25.1 Å². The van der Waals surface area contributed by atoms with Crippen molar-refractivity contribution < 1.29 is 47.9 Å². The van der Waals surface area contributed by atoms with Crippen LogP contribution in [-0.2, 0) is 14.8 Å². The van der Waals surface area contributed by atoms with Gasteiger partial charge >= 0.3 is 29.6 Å². The average Bonchev–Trinajstić information content (AvgIpc) is 2.28. The monoisotopic (exact) mass is 300 g/mol. The van der Waals surface area contributed by atoms with Crippen molar-refractivity contribution in [1.82, 2.24) is 14.9 Å². The van der Waals surface area contributed by atoms with Gasteiger partial charge in [-0.05, 0) is 6.42 Å². The first-order chi connectivity index (χ1) is 8.43. The summed E-state index contributed by atoms with van der Waals surface area (Å²) in [5, 5.41) is 13.1. The van der Waals surface area contributed by atoms with Gasteiger partial charge in [-0.2, -0.15) is 0 Å². The van der Waals surface area contributed by atoms with Crippen LogP contribution in [0.4, 0.5) is 0 Å². The summed E-state index contributed by atoms with van der Waals surface area (Å²) < 4.78 is 25.5. The van der Waals surface area contributed by atoms with Gasteiger partial charge in [0.15, 0.2) is 0 Å².